The van der Waals surface area contributed by atoms with Gasteiger partial charge in [0.2, 0.25) is 0 Å². The van der Waals surface area contributed by atoms with Crippen LogP contribution in [0.15, 0.2) is 48.9 Å². The van der Waals surface area contributed by atoms with E-state index in [1.54, 1.807) is 24.3 Å². The molecule has 1 aromatic carbocycles. The fourth-order valence-corrected chi connectivity index (χ4v) is 2.72. The fourth-order valence-electron chi connectivity index (χ4n) is 2.72. The number of rotatable bonds is 6. The molecule has 0 saturated carbocycles. The predicted molar refractivity (Wildman–Crippen MR) is 102 cm³/mol. The maximum absolute atomic E-state index is 12.2. The van der Waals surface area contributed by atoms with Gasteiger partial charge in [-0.3, -0.25) is 10.00 Å². The van der Waals surface area contributed by atoms with Gasteiger partial charge >= 0.3 is 6.03 Å². The zero-order valence-electron chi connectivity index (χ0n) is 15.3. The van der Waals surface area contributed by atoms with Crippen molar-refractivity contribution in [1.29, 1.82) is 0 Å². The highest BCUT2D eigenvalue weighted by Gasteiger charge is 2.11. The fraction of sp³-hybridized carbons (Fsp3) is 0.316. The van der Waals surface area contributed by atoms with Crippen LogP contribution in [0.5, 0.6) is 0 Å². The third-order valence-electron chi connectivity index (χ3n) is 3.98. The van der Waals surface area contributed by atoms with Gasteiger partial charge in [0.15, 0.2) is 0 Å². The van der Waals surface area contributed by atoms with Gasteiger partial charge in [0.1, 0.15) is 5.82 Å². The van der Waals surface area contributed by atoms with E-state index in [1.807, 2.05) is 36.4 Å². The Balaban J connectivity index is 1.61. The summed E-state index contributed by atoms with van der Waals surface area (Å²) in [6.45, 7) is 5.59. The molecule has 0 aliphatic carbocycles. The van der Waals surface area contributed by atoms with Crippen LogP contribution >= 0.6 is 0 Å². The molecule has 3 rings (SSSR count). The van der Waals surface area contributed by atoms with Crippen LogP contribution in [0, 0.1) is 5.92 Å². The first-order chi connectivity index (χ1) is 12.5. The van der Waals surface area contributed by atoms with Crippen LogP contribution in [0.1, 0.15) is 19.5 Å². The highest BCUT2D eigenvalue weighted by Crippen LogP contribution is 2.20. The van der Waals surface area contributed by atoms with Crippen LogP contribution in [0.4, 0.5) is 10.6 Å². The zero-order chi connectivity index (χ0) is 18.5. The summed E-state index contributed by atoms with van der Waals surface area (Å²) in [6, 6.07) is 11.4. The number of aryl methyl sites for hydroxylation is 1. The van der Waals surface area contributed by atoms with E-state index in [9.17, 15) is 4.79 Å². The molecule has 26 heavy (non-hydrogen) atoms. The van der Waals surface area contributed by atoms with E-state index in [0.29, 0.717) is 18.3 Å². The van der Waals surface area contributed by atoms with Crippen molar-refractivity contribution in [1.82, 2.24) is 24.6 Å². The number of carbonyl (C=O) groups excluding carboxylic acids is 1. The number of urea groups is 1. The lowest BCUT2D eigenvalue weighted by atomic mass is 10.2. The molecule has 0 unspecified atom stereocenters. The standard InChI is InChI=1S/C19H24N6O/c1-14(2)12-25-13-20-10-16(25)11-21-19(26)22-18-9-17(23-24(18)3)15-7-5-4-6-8-15/h4-10,13-14H,11-12H2,1-3H3,(H2,21,22,26). The van der Waals surface area contributed by atoms with Crippen molar-refractivity contribution >= 4 is 11.8 Å². The van der Waals surface area contributed by atoms with E-state index < -0.39 is 0 Å². The number of hydrogen-bond donors (Lipinski definition) is 2. The summed E-state index contributed by atoms with van der Waals surface area (Å²) >= 11 is 0. The van der Waals surface area contributed by atoms with Crippen LogP contribution in [-0.2, 0) is 20.1 Å². The van der Waals surface area contributed by atoms with Gasteiger partial charge in [0.05, 0.1) is 24.3 Å². The Labute approximate surface area is 153 Å². The molecule has 3 aromatic rings. The lowest BCUT2D eigenvalue weighted by molar-refractivity contribution is 0.251. The summed E-state index contributed by atoms with van der Waals surface area (Å²) in [5.41, 5.74) is 2.80. The molecule has 0 bridgehead atoms. The number of aromatic nitrogens is 4. The van der Waals surface area contributed by atoms with Gasteiger partial charge in [-0.05, 0) is 5.92 Å². The molecule has 2 amide bonds. The molecule has 7 nitrogen and oxygen atoms in total. The van der Waals surface area contributed by atoms with E-state index in [0.717, 1.165) is 23.5 Å². The van der Waals surface area contributed by atoms with Crippen molar-refractivity contribution in [2.24, 2.45) is 13.0 Å². The summed E-state index contributed by atoms with van der Waals surface area (Å²) in [4.78, 5) is 16.4. The molecule has 0 aliphatic rings. The van der Waals surface area contributed by atoms with Crippen molar-refractivity contribution in [2.75, 3.05) is 5.32 Å². The SMILES string of the molecule is CC(C)Cn1cncc1CNC(=O)Nc1cc(-c2ccccc2)nn1C. The molecule has 0 spiro atoms. The number of hydrogen-bond acceptors (Lipinski definition) is 3. The summed E-state index contributed by atoms with van der Waals surface area (Å²) in [6.07, 6.45) is 3.57. The van der Waals surface area contributed by atoms with E-state index in [4.69, 9.17) is 0 Å². The molecular weight excluding hydrogens is 328 g/mol. The van der Waals surface area contributed by atoms with Crippen molar-refractivity contribution in [3.05, 3.63) is 54.6 Å². The van der Waals surface area contributed by atoms with Crippen molar-refractivity contribution in [2.45, 2.75) is 26.9 Å². The summed E-state index contributed by atoms with van der Waals surface area (Å²) in [5.74, 6) is 1.15. The molecule has 2 aromatic heterocycles. The molecular formula is C19H24N6O. The third-order valence-corrected chi connectivity index (χ3v) is 3.98. The molecule has 7 heteroatoms. The number of nitrogens with one attached hydrogen (secondary N) is 2. The Morgan fingerprint density at radius 1 is 1.23 bits per heavy atom. The molecule has 136 valence electrons. The molecule has 0 fully saturated rings. The Morgan fingerprint density at radius 3 is 2.73 bits per heavy atom. The minimum Gasteiger partial charge on any atom is -0.333 e. The van der Waals surface area contributed by atoms with Crippen LogP contribution in [0.2, 0.25) is 0 Å². The highest BCUT2D eigenvalue weighted by molar-refractivity contribution is 5.89. The topological polar surface area (TPSA) is 76.8 Å². The third kappa shape index (κ3) is 4.30. The molecule has 0 atom stereocenters. The first kappa shape index (κ1) is 17.7. The van der Waals surface area contributed by atoms with Gasteiger partial charge in [-0.15, -0.1) is 0 Å². The number of benzene rings is 1. The van der Waals surface area contributed by atoms with Gasteiger partial charge in [0.25, 0.3) is 0 Å². The summed E-state index contributed by atoms with van der Waals surface area (Å²) < 4.78 is 3.72. The monoisotopic (exact) mass is 352 g/mol. The molecule has 0 aliphatic heterocycles. The van der Waals surface area contributed by atoms with Crippen LogP contribution in [-0.4, -0.2) is 25.4 Å². The summed E-state index contributed by atoms with van der Waals surface area (Å²) in [7, 11) is 1.81. The number of amides is 2. The second-order valence-corrected chi connectivity index (χ2v) is 6.64. The van der Waals surface area contributed by atoms with E-state index in [-0.39, 0.29) is 6.03 Å². The number of carbonyl (C=O) groups is 1. The second-order valence-electron chi connectivity index (χ2n) is 6.64. The number of imidazole rings is 1. The van der Waals surface area contributed by atoms with Gasteiger partial charge in [-0.1, -0.05) is 44.2 Å². The lowest BCUT2D eigenvalue weighted by Gasteiger charge is -2.11. The smallest absolute Gasteiger partial charge is 0.320 e. The molecule has 2 N–H and O–H groups in total. The van der Waals surface area contributed by atoms with E-state index in [2.05, 4.69) is 39.1 Å². The Bertz CT molecular complexity index is 865. The van der Waals surface area contributed by atoms with Gasteiger partial charge < -0.3 is 9.88 Å². The second kappa shape index (κ2) is 7.86. The minimum absolute atomic E-state index is 0.273. The van der Waals surface area contributed by atoms with Crippen LogP contribution in [0.3, 0.4) is 0 Å². The first-order valence-electron chi connectivity index (χ1n) is 8.66. The average molecular weight is 352 g/mol. The Kier molecular flexibility index (Phi) is 5.36. The maximum atomic E-state index is 12.2. The highest BCUT2D eigenvalue weighted by atomic mass is 16.2. The van der Waals surface area contributed by atoms with Crippen molar-refractivity contribution < 1.29 is 4.79 Å². The van der Waals surface area contributed by atoms with Crippen molar-refractivity contribution in [3.8, 4) is 11.3 Å². The van der Waals surface area contributed by atoms with Crippen LogP contribution in [0.25, 0.3) is 11.3 Å². The molecule has 0 radical (unpaired) electrons. The van der Waals surface area contributed by atoms with Gasteiger partial charge in [0, 0.05) is 31.4 Å². The van der Waals surface area contributed by atoms with Gasteiger partial charge in [-0.2, -0.15) is 5.10 Å². The van der Waals surface area contributed by atoms with Crippen molar-refractivity contribution in [3.63, 3.8) is 0 Å². The molecule has 0 saturated heterocycles. The Morgan fingerprint density at radius 2 is 2.00 bits per heavy atom. The quantitative estimate of drug-likeness (QED) is 0.715. The number of nitrogens with zero attached hydrogens (tertiary/aromatic N) is 4. The van der Waals surface area contributed by atoms with E-state index >= 15 is 0 Å². The maximum Gasteiger partial charge on any atom is 0.320 e. The lowest BCUT2D eigenvalue weighted by Crippen LogP contribution is -2.30. The predicted octanol–water partition coefficient (Wildman–Crippen LogP) is 3.26. The molecule has 2 heterocycles. The average Bonchev–Trinajstić information content (AvgIpc) is 3.20. The first-order valence-corrected chi connectivity index (χ1v) is 8.66. The zero-order valence-corrected chi connectivity index (χ0v) is 15.3. The minimum atomic E-state index is -0.273. The largest absolute Gasteiger partial charge is 0.333 e. The normalized spacial score (nSPS) is 10.9. The van der Waals surface area contributed by atoms with Crippen LogP contribution < -0.4 is 10.6 Å². The summed E-state index contributed by atoms with van der Waals surface area (Å²) in [5, 5.41) is 10.2. The van der Waals surface area contributed by atoms with Gasteiger partial charge in [-0.25, -0.2) is 9.78 Å². The Hall–Kier alpha value is -3.09. The van der Waals surface area contributed by atoms with E-state index in [1.165, 1.54) is 0 Å². The number of anilines is 1.